The zero-order valence-corrected chi connectivity index (χ0v) is 12.7. The molecule has 18 heavy (non-hydrogen) atoms. The van der Waals surface area contributed by atoms with E-state index < -0.39 is 0 Å². The van der Waals surface area contributed by atoms with Gasteiger partial charge in [0.05, 0.1) is 11.7 Å². The molecule has 0 aliphatic rings. The molecule has 0 aliphatic heterocycles. The zero-order chi connectivity index (χ0) is 13.4. The lowest BCUT2D eigenvalue weighted by Gasteiger charge is -2.15. The van der Waals surface area contributed by atoms with Gasteiger partial charge in [-0.25, -0.2) is 0 Å². The molecule has 0 bridgehead atoms. The molecule has 3 heteroatoms. The van der Waals surface area contributed by atoms with Gasteiger partial charge in [-0.1, -0.05) is 42.1 Å². The zero-order valence-electron chi connectivity index (χ0n) is 11.1. The van der Waals surface area contributed by atoms with Gasteiger partial charge in [-0.15, -0.1) is 0 Å². The van der Waals surface area contributed by atoms with E-state index in [4.69, 9.17) is 10.00 Å². The van der Waals surface area contributed by atoms with Crippen LogP contribution in [-0.2, 0) is 0 Å². The average Bonchev–Trinajstić information content (AvgIpc) is 2.37. The number of benzene rings is 1. The molecule has 0 aliphatic carbocycles. The Morgan fingerprint density at radius 1 is 1.33 bits per heavy atom. The molecular weight excluding hydrogens is 290 g/mol. The van der Waals surface area contributed by atoms with E-state index in [-0.39, 0.29) is 6.10 Å². The molecule has 1 aromatic carbocycles. The van der Waals surface area contributed by atoms with Crippen molar-refractivity contribution in [3.05, 3.63) is 28.2 Å². The summed E-state index contributed by atoms with van der Waals surface area (Å²) in [5.41, 5.74) is 0.588. The highest BCUT2D eigenvalue weighted by molar-refractivity contribution is 9.10. The van der Waals surface area contributed by atoms with Crippen molar-refractivity contribution in [2.75, 3.05) is 0 Å². The predicted molar refractivity (Wildman–Crippen MR) is 77.7 cm³/mol. The fraction of sp³-hybridized carbons (Fsp3) is 0.533. The van der Waals surface area contributed by atoms with Crippen molar-refractivity contribution in [1.82, 2.24) is 0 Å². The smallest absolute Gasteiger partial charge is 0.137 e. The molecular formula is C15H20BrNO. The van der Waals surface area contributed by atoms with Crippen LogP contribution in [0.3, 0.4) is 0 Å². The summed E-state index contributed by atoms with van der Waals surface area (Å²) < 4.78 is 6.73. The first-order valence-electron chi connectivity index (χ1n) is 6.53. The average molecular weight is 310 g/mol. The summed E-state index contributed by atoms with van der Waals surface area (Å²) in [6.45, 7) is 4.27. The van der Waals surface area contributed by atoms with E-state index >= 15 is 0 Å². The highest BCUT2D eigenvalue weighted by Gasteiger charge is 2.08. The summed E-state index contributed by atoms with van der Waals surface area (Å²) in [4.78, 5) is 0. The molecule has 0 N–H and O–H groups in total. The Morgan fingerprint density at radius 2 is 2.11 bits per heavy atom. The Morgan fingerprint density at radius 3 is 2.78 bits per heavy atom. The van der Waals surface area contributed by atoms with Crippen LogP contribution >= 0.6 is 15.9 Å². The molecule has 0 amide bonds. The molecule has 0 saturated carbocycles. The summed E-state index contributed by atoms with van der Waals surface area (Å²) in [5.74, 6) is 0.684. The first kappa shape index (κ1) is 15.0. The molecule has 0 heterocycles. The second-order valence-electron chi connectivity index (χ2n) is 4.53. The van der Waals surface area contributed by atoms with Crippen LogP contribution in [0.25, 0.3) is 0 Å². The number of rotatable bonds is 7. The fourth-order valence-electron chi connectivity index (χ4n) is 1.83. The Labute approximate surface area is 118 Å². The molecule has 0 spiro atoms. The first-order chi connectivity index (χ1) is 8.67. The predicted octanol–water partition coefficient (Wildman–Crippen LogP) is 5.06. The van der Waals surface area contributed by atoms with Gasteiger partial charge in [-0.2, -0.15) is 5.26 Å². The third-order valence-corrected chi connectivity index (χ3v) is 3.35. The Balaban J connectivity index is 2.49. The van der Waals surface area contributed by atoms with Crippen molar-refractivity contribution in [2.24, 2.45) is 0 Å². The summed E-state index contributed by atoms with van der Waals surface area (Å²) in [5, 5.41) is 9.05. The van der Waals surface area contributed by atoms with Crippen LogP contribution in [0, 0.1) is 11.3 Å². The van der Waals surface area contributed by atoms with Crippen LogP contribution in [0.15, 0.2) is 22.7 Å². The van der Waals surface area contributed by atoms with Crippen LogP contribution in [0.1, 0.15) is 51.5 Å². The lowest BCUT2D eigenvalue weighted by Crippen LogP contribution is -2.12. The molecule has 0 radical (unpaired) electrons. The first-order valence-corrected chi connectivity index (χ1v) is 7.33. The lowest BCUT2D eigenvalue weighted by molar-refractivity contribution is 0.206. The van der Waals surface area contributed by atoms with Crippen molar-refractivity contribution < 1.29 is 4.74 Å². The number of hydrogen-bond donors (Lipinski definition) is 0. The van der Waals surface area contributed by atoms with Crippen LogP contribution in [0.4, 0.5) is 0 Å². The van der Waals surface area contributed by atoms with Crippen molar-refractivity contribution >= 4 is 15.9 Å². The van der Waals surface area contributed by atoms with E-state index in [0.29, 0.717) is 11.3 Å². The van der Waals surface area contributed by atoms with E-state index in [1.165, 1.54) is 25.7 Å². The number of nitrogens with zero attached hydrogens (tertiary/aromatic N) is 1. The molecule has 1 aromatic rings. The van der Waals surface area contributed by atoms with Gasteiger partial charge in [0.2, 0.25) is 0 Å². The van der Waals surface area contributed by atoms with Gasteiger partial charge in [0.25, 0.3) is 0 Å². The number of nitriles is 1. The van der Waals surface area contributed by atoms with Crippen molar-refractivity contribution in [3.63, 3.8) is 0 Å². The summed E-state index contributed by atoms with van der Waals surface area (Å²) in [6, 6.07) is 7.71. The minimum atomic E-state index is 0.162. The van der Waals surface area contributed by atoms with E-state index in [1.54, 1.807) is 6.07 Å². The number of unbranched alkanes of at least 4 members (excludes halogenated alkanes) is 3. The molecule has 1 atom stereocenters. The quantitative estimate of drug-likeness (QED) is 0.660. The summed E-state index contributed by atoms with van der Waals surface area (Å²) in [7, 11) is 0. The SMILES string of the molecule is CCCCCC[C@@H](C)Oc1ccc(Br)cc1C#N. The minimum absolute atomic E-state index is 0.162. The molecule has 2 nitrogen and oxygen atoms in total. The lowest BCUT2D eigenvalue weighted by atomic mass is 10.1. The second kappa shape index (κ2) is 8.16. The minimum Gasteiger partial charge on any atom is -0.489 e. The summed E-state index contributed by atoms with van der Waals surface area (Å²) in [6.07, 6.45) is 6.19. The van der Waals surface area contributed by atoms with Crippen molar-refractivity contribution in [2.45, 2.75) is 52.1 Å². The Kier molecular flexibility index (Phi) is 6.82. The van der Waals surface area contributed by atoms with Gasteiger partial charge in [-0.05, 0) is 38.0 Å². The van der Waals surface area contributed by atoms with Gasteiger partial charge >= 0.3 is 0 Å². The maximum absolute atomic E-state index is 9.05. The van der Waals surface area contributed by atoms with Gasteiger partial charge in [0.15, 0.2) is 0 Å². The van der Waals surface area contributed by atoms with Crippen LogP contribution in [0.5, 0.6) is 5.75 Å². The molecule has 0 fully saturated rings. The molecule has 0 aromatic heterocycles. The molecule has 98 valence electrons. The normalized spacial score (nSPS) is 11.9. The molecule has 0 saturated heterocycles. The van der Waals surface area contributed by atoms with Gasteiger partial charge in [0, 0.05) is 4.47 Å². The molecule has 0 unspecified atom stereocenters. The van der Waals surface area contributed by atoms with E-state index in [2.05, 4.69) is 35.8 Å². The van der Waals surface area contributed by atoms with Crippen molar-refractivity contribution in [1.29, 1.82) is 5.26 Å². The Hall–Kier alpha value is -1.01. The number of halogens is 1. The molecule has 1 rings (SSSR count). The van der Waals surface area contributed by atoms with Gasteiger partial charge < -0.3 is 4.74 Å². The van der Waals surface area contributed by atoms with E-state index in [0.717, 1.165) is 10.9 Å². The monoisotopic (exact) mass is 309 g/mol. The van der Waals surface area contributed by atoms with E-state index in [9.17, 15) is 0 Å². The standard InChI is InChI=1S/C15H20BrNO/c1-3-4-5-6-7-12(2)18-15-9-8-14(16)10-13(15)11-17/h8-10,12H,3-7H2,1-2H3/t12-/m1/s1. The van der Waals surface area contributed by atoms with Crippen LogP contribution < -0.4 is 4.74 Å². The second-order valence-corrected chi connectivity index (χ2v) is 5.45. The highest BCUT2D eigenvalue weighted by atomic mass is 79.9. The van der Waals surface area contributed by atoms with Gasteiger partial charge in [-0.3, -0.25) is 0 Å². The maximum Gasteiger partial charge on any atom is 0.137 e. The van der Waals surface area contributed by atoms with E-state index in [1.807, 2.05) is 12.1 Å². The Bertz CT molecular complexity index is 411. The number of hydrogen-bond acceptors (Lipinski definition) is 2. The van der Waals surface area contributed by atoms with Crippen LogP contribution in [-0.4, -0.2) is 6.10 Å². The summed E-state index contributed by atoms with van der Waals surface area (Å²) >= 11 is 3.36. The van der Waals surface area contributed by atoms with Crippen molar-refractivity contribution in [3.8, 4) is 11.8 Å². The largest absolute Gasteiger partial charge is 0.489 e. The fourth-order valence-corrected chi connectivity index (χ4v) is 2.19. The highest BCUT2D eigenvalue weighted by Crippen LogP contribution is 2.24. The van der Waals surface area contributed by atoms with Gasteiger partial charge in [0.1, 0.15) is 11.8 Å². The third-order valence-electron chi connectivity index (χ3n) is 2.85. The number of ether oxygens (including phenoxy) is 1. The maximum atomic E-state index is 9.05. The van der Waals surface area contributed by atoms with Crippen LogP contribution in [0.2, 0.25) is 0 Å². The topological polar surface area (TPSA) is 33.0 Å². The third kappa shape index (κ3) is 5.10.